The van der Waals surface area contributed by atoms with Crippen LogP contribution in [0, 0.1) is 0 Å². The van der Waals surface area contributed by atoms with Crippen molar-refractivity contribution in [2.45, 2.75) is 5.92 Å². The number of carbonyl (C=O) groups is 1. The van der Waals surface area contributed by atoms with Gasteiger partial charge in [0.15, 0.2) is 0 Å². The molecule has 0 fully saturated rings. The highest BCUT2D eigenvalue weighted by molar-refractivity contribution is 7.84. The molecule has 1 unspecified atom stereocenters. The van der Waals surface area contributed by atoms with Crippen molar-refractivity contribution in [2.75, 3.05) is 13.2 Å². The van der Waals surface area contributed by atoms with Gasteiger partial charge in [0.05, 0.1) is 6.61 Å². The summed E-state index contributed by atoms with van der Waals surface area (Å²) in [5, 5.41) is 4.74. The first-order chi connectivity index (χ1) is 8.38. The average Bonchev–Trinajstić information content (AvgIpc) is 2.28. The summed E-state index contributed by atoms with van der Waals surface area (Å²) in [6, 6.07) is 8.84. The Morgan fingerprint density at radius 3 is 2.33 bits per heavy atom. The molecule has 0 heterocycles. The third-order valence-electron chi connectivity index (χ3n) is 2.13. The van der Waals surface area contributed by atoms with Crippen LogP contribution in [0.4, 0.5) is 4.79 Å². The SMILES string of the molecule is NC(=O)OCC(COS(N)(=O)=O)c1ccccc1. The molecule has 0 aromatic heterocycles. The molecule has 0 aliphatic rings. The lowest BCUT2D eigenvalue weighted by atomic mass is 10.0. The molecule has 100 valence electrons. The van der Waals surface area contributed by atoms with Crippen molar-refractivity contribution in [1.29, 1.82) is 0 Å². The van der Waals surface area contributed by atoms with Gasteiger partial charge in [0.25, 0.3) is 0 Å². The summed E-state index contributed by atoms with van der Waals surface area (Å²) >= 11 is 0. The minimum atomic E-state index is -4.04. The van der Waals surface area contributed by atoms with E-state index in [0.29, 0.717) is 0 Å². The number of rotatable bonds is 6. The van der Waals surface area contributed by atoms with Crippen molar-refractivity contribution < 1.29 is 22.1 Å². The lowest BCUT2D eigenvalue weighted by Gasteiger charge is -2.15. The fraction of sp³-hybridized carbons (Fsp3) is 0.300. The Hall–Kier alpha value is -1.64. The molecule has 1 rings (SSSR count). The van der Waals surface area contributed by atoms with E-state index in [0.717, 1.165) is 5.56 Å². The fourth-order valence-electron chi connectivity index (χ4n) is 1.33. The summed E-state index contributed by atoms with van der Waals surface area (Å²) < 4.78 is 30.6. The van der Waals surface area contributed by atoms with Gasteiger partial charge in [0.2, 0.25) is 0 Å². The van der Waals surface area contributed by atoms with Crippen molar-refractivity contribution in [1.82, 2.24) is 0 Å². The van der Waals surface area contributed by atoms with Crippen molar-refractivity contribution in [3.8, 4) is 0 Å². The molecule has 1 atom stereocenters. The molecule has 8 heteroatoms. The molecule has 0 saturated carbocycles. The molecule has 1 amide bonds. The van der Waals surface area contributed by atoms with Gasteiger partial charge >= 0.3 is 16.4 Å². The smallest absolute Gasteiger partial charge is 0.404 e. The summed E-state index contributed by atoms with van der Waals surface area (Å²) in [5.74, 6) is -0.461. The topological polar surface area (TPSA) is 122 Å². The third-order valence-corrected chi connectivity index (χ3v) is 2.60. The van der Waals surface area contributed by atoms with E-state index in [9.17, 15) is 13.2 Å². The van der Waals surface area contributed by atoms with Crippen molar-refractivity contribution in [3.05, 3.63) is 35.9 Å². The van der Waals surface area contributed by atoms with E-state index < -0.39 is 22.3 Å². The largest absolute Gasteiger partial charge is 0.449 e. The Bertz CT molecular complexity index is 488. The first kappa shape index (κ1) is 14.4. The normalized spacial score (nSPS) is 12.9. The van der Waals surface area contributed by atoms with E-state index in [1.54, 1.807) is 30.3 Å². The Kier molecular flexibility index (Phi) is 5.08. The number of amides is 1. The van der Waals surface area contributed by atoms with Crippen LogP contribution in [0.15, 0.2) is 30.3 Å². The van der Waals surface area contributed by atoms with E-state index in [1.807, 2.05) is 0 Å². The van der Waals surface area contributed by atoms with Crippen LogP contribution in [0.25, 0.3) is 0 Å². The van der Waals surface area contributed by atoms with E-state index >= 15 is 0 Å². The molecule has 0 aliphatic heterocycles. The Labute approximate surface area is 105 Å². The number of carbonyl (C=O) groups excluding carboxylic acids is 1. The second-order valence-electron chi connectivity index (χ2n) is 3.51. The Balaban J connectivity index is 2.72. The van der Waals surface area contributed by atoms with Crippen molar-refractivity contribution in [3.63, 3.8) is 0 Å². The molecule has 0 radical (unpaired) electrons. The van der Waals surface area contributed by atoms with Gasteiger partial charge in [-0.1, -0.05) is 30.3 Å². The maximum Gasteiger partial charge on any atom is 0.404 e. The molecule has 0 bridgehead atoms. The molecule has 18 heavy (non-hydrogen) atoms. The zero-order valence-corrected chi connectivity index (χ0v) is 10.3. The quantitative estimate of drug-likeness (QED) is 0.761. The van der Waals surface area contributed by atoms with Crippen LogP contribution in [-0.4, -0.2) is 27.7 Å². The number of nitrogens with two attached hydrogens (primary N) is 2. The van der Waals surface area contributed by atoms with Gasteiger partial charge in [-0.3, -0.25) is 4.18 Å². The van der Waals surface area contributed by atoms with Gasteiger partial charge < -0.3 is 10.5 Å². The minimum absolute atomic E-state index is 0.0884. The van der Waals surface area contributed by atoms with Crippen LogP contribution in [0.5, 0.6) is 0 Å². The predicted octanol–water partition coefficient (Wildman–Crippen LogP) is 0.0856. The van der Waals surface area contributed by atoms with Crippen LogP contribution >= 0.6 is 0 Å². The molecule has 1 aromatic carbocycles. The van der Waals surface area contributed by atoms with Gasteiger partial charge in [-0.2, -0.15) is 8.42 Å². The summed E-state index contributed by atoms with van der Waals surface area (Å²) in [6.07, 6.45) is -0.938. The molecule has 7 nitrogen and oxygen atoms in total. The average molecular weight is 274 g/mol. The van der Waals surface area contributed by atoms with Crippen molar-refractivity contribution >= 4 is 16.4 Å². The molecule has 1 aromatic rings. The van der Waals surface area contributed by atoms with Crippen LogP contribution in [0.2, 0.25) is 0 Å². The van der Waals surface area contributed by atoms with E-state index in [2.05, 4.69) is 8.92 Å². The molecular weight excluding hydrogens is 260 g/mol. The fourth-order valence-corrected chi connectivity index (χ4v) is 1.68. The van der Waals surface area contributed by atoms with Gasteiger partial charge in [-0.15, -0.1) is 0 Å². The second kappa shape index (κ2) is 6.34. The molecule has 0 spiro atoms. The summed E-state index contributed by atoms with van der Waals surface area (Å²) in [7, 11) is -4.04. The van der Waals surface area contributed by atoms with E-state index in [-0.39, 0.29) is 13.2 Å². The van der Waals surface area contributed by atoms with Crippen LogP contribution in [0.1, 0.15) is 11.5 Å². The zero-order chi connectivity index (χ0) is 13.6. The standard InChI is InChI=1S/C10H14N2O5S/c11-10(13)16-6-9(7-17-18(12,14)15)8-4-2-1-3-5-8/h1-5,9H,6-7H2,(H2,11,13)(H2,12,14,15). The van der Waals surface area contributed by atoms with E-state index in [4.69, 9.17) is 10.9 Å². The highest BCUT2D eigenvalue weighted by atomic mass is 32.2. The van der Waals surface area contributed by atoms with E-state index in [1.165, 1.54) is 0 Å². The Morgan fingerprint density at radius 1 is 1.22 bits per heavy atom. The zero-order valence-electron chi connectivity index (χ0n) is 9.48. The van der Waals surface area contributed by atoms with Crippen molar-refractivity contribution in [2.24, 2.45) is 10.9 Å². The third kappa shape index (κ3) is 5.62. The molecular formula is C10H14N2O5S. The summed E-state index contributed by atoms with van der Waals surface area (Å²) in [4.78, 5) is 10.6. The second-order valence-corrected chi connectivity index (χ2v) is 4.74. The minimum Gasteiger partial charge on any atom is -0.449 e. The van der Waals surface area contributed by atoms with Crippen LogP contribution in [-0.2, 0) is 19.2 Å². The number of ether oxygens (including phenoxy) is 1. The van der Waals surface area contributed by atoms with Crippen LogP contribution < -0.4 is 10.9 Å². The first-order valence-electron chi connectivity index (χ1n) is 5.03. The summed E-state index contributed by atoms with van der Waals surface area (Å²) in [5.41, 5.74) is 5.61. The maximum atomic E-state index is 10.7. The Morgan fingerprint density at radius 2 is 1.83 bits per heavy atom. The predicted molar refractivity (Wildman–Crippen MR) is 63.8 cm³/mol. The molecule has 0 saturated heterocycles. The van der Waals surface area contributed by atoms with Gasteiger partial charge in [-0.05, 0) is 5.56 Å². The number of hydrogen-bond donors (Lipinski definition) is 2. The van der Waals surface area contributed by atoms with Crippen LogP contribution in [0.3, 0.4) is 0 Å². The highest BCUT2D eigenvalue weighted by Crippen LogP contribution is 2.16. The molecule has 4 N–H and O–H groups in total. The number of primary amides is 1. The lowest BCUT2D eigenvalue weighted by molar-refractivity contribution is 0.138. The summed E-state index contributed by atoms with van der Waals surface area (Å²) in [6.45, 7) is -0.314. The highest BCUT2D eigenvalue weighted by Gasteiger charge is 2.16. The van der Waals surface area contributed by atoms with Gasteiger partial charge in [-0.25, -0.2) is 9.93 Å². The number of hydrogen-bond acceptors (Lipinski definition) is 5. The lowest BCUT2D eigenvalue weighted by Crippen LogP contribution is -2.24. The first-order valence-corrected chi connectivity index (χ1v) is 6.50. The van der Waals surface area contributed by atoms with Gasteiger partial charge in [0.1, 0.15) is 6.61 Å². The number of benzene rings is 1. The molecule has 0 aliphatic carbocycles. The maximum absolute atomic E-state index is 10.7. The van der Waals surface area contributed by atoms with Gasteiger partial charge in [0, 0.05) is 5.92 Å². The monoisotopic (exact) mass is 274 g/mol.